The first-order valence-corrected chi connectivity index (χ1v) is 8.21. The zero-order chi connectivity index (χ0) is 16.7. The van der Waals surface area contributed by atoms with E-state index in [4.69, 9.17) is 9.68 Å². The van der Waals surface area contributed by atoms with Gasteiger partial charge >= 0.3 is 0 Å². The standard InChI is InChI=1S/C17H18N2O3S/c1-12(9-15(20)16-3-2-8-22-16)19-17(21)11-23-14-6-4-13(10-18)5-7-14/h2-8,12,15,20H,9,11H2,1H3,(H,19,21). The van der Waals surface area contributed by atoms with E-state index in [0.29, 0.717) is 17.7 Å². The minimum Gasteiger partial charge on any atom is -0.467 e. The van der Waals surface area contributed by atoms with Gasteiger partial charge in [0.25, 0.3) is 0 Å². The summed E-state index contributed by atoms with van der Waals surface area (Å²) in [5.74, 6) is 0.684. The Morgan fingerprint density at radius 1 is 1.39 bits per heavy atom. The van der Waals surface area contributed by atoms with Gasteiger partial charge in [-0.2, -0.15) is 5.26 Å². The Kier molecular flexibility index (Phi) is 6.27. The quantitative estimate of drug-likeness (QED) is 0.762. The third-order valence-corrected chi connectivity index (χ3v) is 4.22. The van der Waals surface area contributed by atoms with Crippen LogP contribution in [0.4, 0.5) is 0 Å². The number of benzene rings is 1. The van der Waals surface area contributed by atoms with Crippen molar-refractivity contribution in [3.8, 4) is 6.07 Å². The Morgan fingerprint density at radius 2 is 2.13 bits per heavy atom. The highest BCUT2D eigenvalue weighted by Crippen LogP contribution is 2.20. The smallest absolute Gasteiger partial charge is 0.230 e. The summed E-state index contributed by atoms with van der Waals surface area (Å²) in [4.78, 5) is 12.9. The predicted octanol–water partition coefficient (Wildman–Crippen LogP) is 2.87. The zero-order valence-electron chi connectivity index (χ0n) is 12.7. The van der Waals surface area contributed by atoms with Gasteiger partial charge < -0.3 is 14.8 Å². The molecule has 120 valence electrons. The number of carbonyl (C=O) groups is 1. The Hall–Kier alpha value is -2.23. The molecule has 0 radical (unpaired) electrons. The van der Waals surface area contributed by atoms with Crippen LogP contribution in [0.2, 0.25) is 0 Å². The van der Waals surface area contributed by atoms with Gasteiger partial charge in [-0.15, -0.1) is 11.8 Å². The maximum Gasteiger partial charge on any atom is 0.230 e. The minimum atomic E-state index is -0.730. The van der Waals surface area contributed by atoms with E-state index in [9.17, 15) is 9.90 Å². The molecule has 0 aliphatic rings. The van der Waals surface area contributed by atoms with Gasteiger partial charge in [0, 0.05) is 17.4 Å². The van der Waals surface area contributed by atoms with E-state index in [-0.39, 0.29) is 17.7 Å². The Labute approximate surface area is 139 Å². The van der Waals surface area contributed by atoms with E-state index in [1.54, 1.807) is 24.3 Å². The molecule has 0 aliphatic heterocycles. The fourth-order valence-corrected chi connectivity index (χ4v) is 2.79. The van der Waals surface area contributed by atoms with Gasteiger partial charge in [0.1, 0.15) is 11.9 Å². The van der Waals surface area contributed by atoms with E-state index in [2.05, 4.69) is 11.4 Å². The van der Waals surface area contributed by atoms with Crippen LogP contribution in [0.5, 0.6) is 0 Å². The molecule has 1 aromatic carbocycles. The van der Waals surface area contributed by atoms with Crippen LogP contribution in [0.1, 0.15) is 30.8 Å². The van der Waals surface area contributed by atoms with Crippen molar-refractivity contribution in [2.75, 3.05) is 5.75 Å². The summed E-state index contributed by atoms with van der Waals surface area (Å²) in [6.07, 6.45) is 1.17. The van der Waals surface area contributed by atoms with Crippen molar-refractivity contribution >= 4 is 17.7 Å². The molecule has 2 aromatic rings. The molecule has 2 unspecified atom stereocenters. The van der Waals surface area contributed by atoms with Crippen molar-refractivity contribution in [1.29, 1.82) is 5.26 Å². The lowest BCUT2D eigenvalue weighted by Gasteiger charge is -2.16. The molecular weight excluding hydrogens is 312 g/mol. The lowest BCUT2D eigenvalue weighted by Crippen LogP contribution is -2.34. The molecule has 23 heavy (non-hydrogen) atoms. The van der Waals surface area contributed by atoms with Gasteiger partial charge in [-0.05, 0) is 43.3 Å². The maximum absolute atomic E-state index is 11.9. The second kappa shape index (κ2) is 8.42. The van der Waals surface area contributed by atoms with Crippen LogP contribution in [0.15, 0.2) is 52.0 Å². The number of amides is 1. The maximum atomic E-state index is 11.9. The molecule has 0 spiro atoms. The van der Waals surface area contributed by atoms with Crippen LogP contribution < -0.4 is 5.32 Å². The highest BCUT2D eigenvalue weighted by atomic mass is 32.2. The first-order valence-electron chi connectivity index (χ1n) is 7.22. The number of rotatable bonds is 7. The molecular formula is C17H18N2O3S. The highest BCUT2D eigenvalue weighted by molar-refractivity contribution is 8.00. The molecule has 1 aromatic heterocycles. The number of nitrogens with zero attached hydrogens (tertiary/aromatic N) is 1. The first-order chi connectivity index (χ1) is 11.1. The summed E-state index contributed by atoms with van der Waals surface area (Å²) in [7, 11) is 0. The minimum absolute atomic E-state index is 0.0986. The summed E-state index contributed by atoms with van der Waals surface area (Å²) in [5.41, 5.74) is 0.597. The van der Waals surface area contributed by atoms with Gasteiger partial charge in [0.05, 0.1) is 23.6 Å². The SMILES string of the molecule is CC(CC(O)c1ccco1)NC(=O)CSc1ccc(C#N)cc1. The molecule has 0 fully saturated rings. The second-order valence-electron chi connectivity index (χ2n) is 5.16. The fourth-order valence-electron chi connectivity index (χ4n) is 2.08. The molecule has 0 saturated heterocycles. The van der Waals surface area contributed by atoms with Gasteiger partial charge in [-0.25, -0.2) is 0 Å². The Morgan fingerprint density at radius 3 is 2.74 bits per heavy atom. The molecule has 2 atom stereocenters. The number of hydrogen-bond acceptors (Lipinski definition) is 5. The number of furan rings is 1. The summed E-state index contributed by atoms with van der Waals surface area (Å²) in [6, 6.07) is 12.4. The number of aliphatic hydroxyl groups excluding tert-OH is 1. The van der Waals surface area contributed by atoms with Crippen molar-refractivity contribution in [2.45, 2.75) is 30.4 Å². The normalized spacial score (nSPS) is 13.1. The topological polar surface area (TPSA) is 86.3 Å². The van der Waals surface area contributed by atoms with Gasteiger partial charge in [-0.3, -0.25) is 4.79 Å². The van der Waals surface area contributed by atoms with Crippen LogP contribution in [-0.2, 0) is 4.79 Å². The van der Waals surface area contributed by atoms with Crippen molar-refractivity contribution in [2.24, 2.45) is 0 Å². The molecule has 0 bridgehead atoms. The van der Waals surface area contributed by atoms with Crippen LogP contribution >= 0.6 is 11.8 Å². The van der Waals surface area contributed by atoms with Crippen molar-refractivity contribution in [3.05, 3.63) is 54.0 Å². The number of hydrogen-bond donors (Lipinski definition) is 2. The van der Waals surface area contributed by atoms with Crippen LogP contribution in [-0.4, -0.2) is 22.8 Å². The zero-order valence-corrected chi connectivity index (χ0v) is 13.5. The summed E-state index contributed by atoms with van der Waals surface area (Å²) < 4.78 is 5.14. The van der Waals surface area contributed by atoms with Crippen LogP contribution in [0.3, 0.4) is 0 Å². The van der Waals surface area contributed by atoms with E-state index >= 15 is 0 Å². The van der Waals surface area contributed by atoms with E-state index < -0.39 is 6.10 Å². The predicted molar refractivity (Wildman–Crippen MR) is 87.8 cm³/mol. The second-order valence-corrected chi connectivity index (χ2v) is 6.21. The average Bonchev–Trinajstić information content (AvgIpc) is 3.08. The molecule has 2 N–H and O–H groups in total. The fraction of sp³-hybridized carbons (Fsp3) is 0.294. The van der Waals surface area contributed by atoms with Gasteiger partial charge in [0.2, 0.25) is 5.91 Å². The number of thioether (sulfide) groups is 1. The third-order valence-electron chi connectivity index (χ3n) is 3.21. The Bertz CT molecular complexity index is 662. The van der Waals surface area contributed by atoms with Gasteiger partial charge in [0.15, 0.2) is 0 Å². The largest absolute Gasteiger partial charge is 0.467 e. The van der Waals surface area contributed by atoms with Crippen molar-refractivity contribution in [1.82, 2.24) is 5.32 Å². The number of carbonyl (C=O) groups excluding carboxylic acids is 1. The molecule has 1 amide bonds. The average molecular weight is 330 g/mol. The molecule has 2 rings (SSSR count). The molecule has 6 heteroatoms. The summed E-state index contributed by atoms with van der Waals surface area (Å²) >= 11 is 1.40. The molecule has 0 aliphatic carbocycles. The summed E-state index contributed by atoms with van der Waals surface area (Å²) in [5, 5.41) is 21.6. The molecule has 0 saturated carbocycles. The Balaban J connectivity index is 1.74. The van der Waals surface area contributed by atoms with E-state index in [1.807, 2.05) is 19.1 Å². The number of nitriles is 1. The van der Waals surface area contributed by atoms with E-state index in [0.717, 1.165) is 4.90 Å². The number of nitrogens with one attached hydrogen (secondary N) is 1. The third kappa shape index (κ3) is 5.47. The number of aliphatic hydroxyl groups is 1. The summed E-state index contributed by atoms with van der Waals surface area (Å²) in [6.45, 7) is 1.84. The van der Waals surface area contributed by atoms with Crippen molar-refractivity contribution < 1.29 is 14.3 Å². The van der Waals surface area contributed by atoms with Crippen molar-refractivity contribution in [3.63, 3.8) is 0 Å². The van der Waals surface area contributed by atoms with Gasteiger partial charge in [-0.1, -0.05) is 0 Å². The lowest BCUT2D eigenvalue weighted by atomic mass is 10.1. The highest BCUT2D eigenvalue weighted by Gasteiger charge is 2.16. The van der Waals surface area contributed by atoms with Crippen LogP contribution in [0, 0.1) is 11.3 Å². The lowest BCUT2D eigenvalue weighted by molar-refractivity contribution is -0.119. The first kappa shape index (κ1) is 17.1. The molecule has 5 nitrogen and oxygen atoms in total. The van der Waals surface area contributed by atoms with E-state index in [1.165, 1.54) is 18.0 Å². The monoisotopic (exact) mass is 330 g/mol. The molecule has 1 heterocycles. The van der Waals surface area contributed by atoms with Crippen LogP contribution in [0.25, 0.3) is 0 Å².